The minimum absolute atomic E-state index is 0.0373. The summed E-state index contributed by atoms with van der Waals surface area (Å²) in [6, 6.07) is 7.78. The normalized spacial score (nSPS) is 17.0. The predicted molar refractivity (Wildman–Crippen MR) is 93.7 cm³/mol. The second-order valence-electron chi connectivity index (χ2n) is 6.01. The van der Waals surface area contributed by atoms with Crippen LogP contribution in [-0.4, -0.2) is 56.3 Å². The van der Waals surface area contributed by atoms with E-state index in [-0.39, 0.29) is 12.5 Å². The van der Waals surface area contributed by atoms with E-state index < -0.39 is 0 Å². The number of benzene rings is 1. The highest BCUT2D eigenvalue weighted by atomic mass is 79.9. The highest BCUT2D eigenvalue weighted by molar-refractivity contribution is 9.10. The average molecular weight is 385 g/mol. The second kappa shape index (κ2) is 9.25. The molecule has 1 atom stereocenters. The molecule has 1 aromatic rings. The van der Waals surface area contributed by atoms with Gasteiger partial charge in [0.2, 0.25) is 0 Å². The van der Waals surface area contributed by atoms with Gasteiger partial charge in [-0.2, -0.15) is 0 Å². The van der Waals surface area contributed by atoms with Crippen molar-refractivity contribution < 1.29 is 14.3 Å². The molecule has 1 aliphatic rings. The predicted octanol–water partition coefficient (Wildman–Crippen LogP) is 2.30. The molecular weight excluding hydrogens is 360 g/mol. The number of nitrogens with zero attached hydrogens (tertiary/aromatic N) is 1. The average Bonchev–Trinajstić information content (AvgIpc) is 2.55. The minimum Gasteiger partial charge on any atom is -0.484 e. The lowest BCUT2D eigenvalue weighted by Crippen LogP contribution is -2.51. The van der Waals surface area contributed by atoms with Crippen LogP contribution in [0.1, 0.15) is 13.8 Å². The van der Waals surface area contributed by atoms with Crippen LogP contribution in [0.5, 0.6) is 5.75 Å². The van der Waals surface area contributed by atoms with E-state index in [4.69, 9.17) is 9.47 Å². The van der Waals surface area contributed by atoms with E-state index in [2.05, 4.69) is 40.0 Å². The first-order valence-corrected chi connectivity index (χ1v) is 8.82. The maximum atomic E-state index is 12.0. The maximum Gasteiger partial charge on any atom is 0.257 e. The molecule has 1 fully saturated rings. The van der Waals surface area contributed by atoms with E-state index in [0.717, 1.165) is 30.8 Å². The number of rotatable bonds is 7. The van der Waals surface area contributed by atoms with Crippen molar-refractivity contribution in [1.29, 1.82) is 0 Å². The summed E-state index contributed by atoms with van der Waals surface area (Å²) in [7, 11) is 0. The van der Waals surface area contributed by atoms with Crippen LogP contribution in [-0.2, 0) is 9.53 Å². The van der Waals surface area contributed by atoms with Gasteiger partial charge in [-0.3, -0.25) is 9.69 Å². The van der Waals surface area contributed by atoms with Crippen molar-refractivity contribution >= 4 is 21.8 Å². The van der Waals surface area contributed by atoms with Gasteiger partial charge in [0.1, 0.15) is 5.75 Å². The zero-order valence-electron chi connectivity index (χ0n) is 13.8. The highest BCUT2D eigenvalue weighted by Gasteiger charge is 2.24. The van der Waals surface area contributed by atoms with Gasteiger partial charge in [0.15, 0.2) is 6.61 Å². The fourth-order valence-electron chi connectivity index (χ4n) is 2.64. The molecule has 1 amide bonds. The standard InChI is InChI=1S/C17H25BrN2O3/c1-13(2)16(20-7-9-22-10-8-20)11-19-17(21)12-23-15-5-3-14(18)4-6-15/h3-6,13,16H,7-12H2,1-2H3,(H,19,21)/t16-/m0/s1. The molecule has 0 aliphatic carbocycles. The summed E-state index contributed by atoms with van der Waals surface area (Å²) in [5.41, 5.74) is 0. The smallest absolute Gasteiger partial charge is 0.257 e. The molecule has 0 unspecified atom stereocenters. The minimum atomic E-state index is -0.0909. The SMILES string of the molecule is CC(C)[C@H](CNC(=O)COc1ccc(Br)cc1)N1CCOCC1. The number of nitrogens with one attached hydrogen (secondary N) is 1. The second-order valence-corrected chi connectivity index (χ2v) is 6.92. The fourth-order valence-corrected chi connectivity index (χ4v) is 2.91. The first-order valence-electron chi connectivity index (χ1n) is 8.03. The molecule has 1 aromatic carbocycles. The molecular formula is C17H25BrN2O3. The molecule has 6 heteroatoms. The third kappa shape index (κ3) is 6.12. The number of hydrogen-bond acceptors (Lipinski definition) is 4. The van der Waals surface area contributed by atoms with E-state index in [1.807, 2.05) is 24.3 Å². The van der Waals surface area contributed by atoms with Gasteiger partial charge in [0.25, 0.3) is 5.91 Å². The summed E-state index contributed by atoms with van der Waals surface area (Å²) in [6.45, 7) is 8.43. The molecule has 0 aromatic heterocycles. The summed E-state index contributed by atoms with van der Waals surface area (Å²) < 4.78 is 11.9. The van der Waals surface area contributed by atoms with Crippen LogP contribution in [0.2, 0.25) is 0 Å². The number of hydrogen-bond donors (Lipinski definition) is 1. The van der Waals surface area contributed by atoms with Gasteiger partial charge in [-0.1, -0.05) is 29.8 Å². The van der Waals surface area contributed by atoms with Gasteiger partial charge in [0.05, 0.1) is 13.2 Å². The first-order chi connectivity index (χ1) is 11.1. The lowest BCUT2D eigenvalue weighted by molar-refractivity contribution is -0.123. The lowest BCUT2D eigenvalue weighted by Gasteiger charge is -2.36. The van der Waals surface area contributed by atoms with Crippen molar-refractivity contribution in [3.05, 3.63) is 28.7 Å². The third-order valence-corrected chi connectivity index (χ3v) is 4.50. The summed E-state index contributed by atoms with van der Waals surface area (Å²) >= 11 is 3.37. The van der Waals surface area contributed by atoms with Gasteiger partial charge in [-0.05, 0) is 30.2 Å². The molecule has 1 heterocycles. The van der Waals surface area contributed by atoms with Crippen LogP contribution in [0.3, 0.4) is 0 Å². The first kappa shape index (κ1) is 18.2. The molecule has 1 aliphatic heterocycles. The van der Waals surface area contributed by atoms with Crippen LogP contribution in [0.15, 0.2) is 28.7 Å². The van der Waals surface area contributed by atoms with Gasteiger partial charge in [-0.15, -0.1) is 0 Å². The summed E-state index contributed by atoms with van der Waals surface area (Å²) in [4.78, 5) is 14.4. The fraction of sp³-hybridized carbons (Fsp3) is 0.588. The Morgan fingerprint density at radius 2 is 1.96 bits per heavy atom. The van der Waals surface area contributed by atoms with Crippen molar-refractivity contribution in [2.24, 2.45) is 5.92 Å². The van der Waals surface area contributed by atoms with Crippen molar-refractivity contribution in [2.45, 2.75) is 19.9 Å². The van der Waals surface area contributed by atoms with E-state index >= 15 is 0 Å². The number of amides is 1. The molecule has 23 heavy (non-hydrogen) atoms. The number of halogens is 1. The molecule has 128 valence electrons. The van der Waals surface area contributed by atoms with Crippen LogP contribution in [0, 0.1) is 5.92 Å². The molecule has 1 N–H and O–H groups in total. The van der Waals surface area contributed by atoms with Crippen LogP contribution >= 0.6 is 15.9 Å². The third-order valence-electron chi connectivity index (χ3n) is 3.98. The molecule has 1 saturated heterocycles. The van der Waals surface area contributed by atoms with Crippen LogP contribution in [0.25, 0.3) is 0 Å². The Balaban J connectivity index is 1.75. The molecule has 0 spiro atoms. The molecule has 0 radical (unpaired) electrons. The van der Waals surface area contributed by atoms with Gasteiger partial charge < -0.3 is 14.8 Å². The summed E-state index contributed by atoms with van der Waals surface area (Å²) in [5.74, 6) is 1.07. The van der Waals surface area contributed by atoms with E-state index in [1.54, 1.807) is 0 Å². The van der Waals surface area contributed by atoms with Gasteiger partial charge in [-0.25, -0.2) is 0 Å². The highest BCUT2D eigenvalue weighted by Crippen LogP contribution is 2.16. The Morgan fingerprint density at radius 3 is 2.57 bits per heavy atom. The molecule has 2 rings (SSSR count). The number of carbonyl (C=O) groups is 1. The summed E-state index contributed by atoms with van der Waals surface area (Å²) in [6.07, 6.45) is 0. The Morgan fingerprint density at radius 1 is 1.30 bits per heavy atom. The van der Waals surface area contributed by atoms with Crippen molar-refractivity contribution in [3.63, 3.8) is 0 Å². The largest absolute Gasteiger partial charge is 0.484 e. The number of carbonyl (C=O) groups excluding carboxylic acids is 1. The monoisotopic (exact) mass is 384 g/mol. The van der Waals surface area contributed by atoms with E-state index in [1.165, 1.54) is 0 Å². The Labute approximate surface area is 146 Å². The molecule has 0 bridgehead atoms. The zero-order valence-corrected chi connectivity index (χ0v) is 15.3. The quantitative estimate of drug-likeness (QED) is 0.783. The zero-order chi connectivity index (χ0) is 16.7. The van der Waals surface area contributed by atoms with E-state index in [0.29, 0.717) is 24.3 Å². The van der Waals surface area contributed by atoms with Gasteiger partial charge >= 0.3 is 0 Å². The van der Waals surface area contributed by atoms with E-state index in [9.17, 15) is 4.79 Å². The van der Waals surface area contributed by atoms with Crippen LogP contribution < -0.4 is 10.1 Å². The maximum absolute atomic E-state index is 12.0. The Hall–Kier alpha value is -1.11. The van der Waals surface area contributed by atoms with Crippen LogP contribution in [0.4, 0.5) is 0 Å². The molecule has 0 saturated carbocycles. The number of ether oxygens (including phenoxy) is 2. The Kier molecular flexibility index (Phi) is 7.33. The van der Waals surface area contributed by atoms with Crippen molar-refractivity contribution in [2.75, 3.05) is 39.5 Å². The summed E-state index contributed by atoms with van der Waals surface area (Å²) in [5, 5.41) is 2.99. The number of morpholine rings is 1. The van der Waals surface area contributed by atoms with Gasteiger partial charge in [0, 0.05) is 30.1 Å². The topological polar surface area (TPSA) is 50.8 Å². The molecule has 5 nitrogen and oxygen atoms in total. The van der Waals surface area contributed by atoms with Crippen molar-refractivity contribution in [1.82, 2.24) is 10.2 Å². The Bertz CT molecular complexity index is 487. The van der Waals surface area contributed by atoms with Crippen molar-refractivity contribution in [3.8, 4) is 5.75 Å². The lowest BCUT2D eigenvalue weighted by atomic mass is 10.0.